The summed E-state index contributed by atoms with van der Waals surface area (Å²) >= 11 is 0. The number of nitrogens with zero attached hydrogens (tertiary/aromatic N) is 2. The highest BCUT2D eigenvalue weighted by Crippen LogP contribution is 2.17. The maximum atomic E-state index is 12.4. The van der Waals surface area contributed by atoms with E-state index in [2.05, 4.69) is 4.98 Å². The molecule has 0 N–H and O–H groups in total. The molecule has 5 heteroatoms. The minimum absolute atomic E-state index is 0.0293. The van der Waals surface area contributed by atoms with E-state index in [1.807, 2.05) is 44.2 Å². The summed E-state index contributed by atoms with van der Waals surface area (Å²) in [6.07, 6.45) is 1.62. The Hall–Kier alpha value is -2.56. The Morgan fingerprint density at radius 2 is 1.83 bits per heavy atom. The van der Waals surface area contributed by atoms with Gasteiger partial charge in [0.15, 0.2) is 0 Å². The van der Waals surface area contributed by atoms with Crippen molar-refractivity contribution in [1.82, 2.24) is 9.88 Å². The predicted molar refractivity (Wildman–Crippen MR) is 89.0 cm³/mol. The lowest BCUT2D eigenvalue weighted by molar-refractivity contribution is 0.0739. The number of likely N-dealkylation sites (N-methyl/N-ethyl adjacent to an activating group) is 1. The molecule has 2 aromatic rings. The average Bonchev–Trinajstić information content (AvgIpc) is 2.59. The van der Waals surface area contributed by atoms with E-state index in [1.165, 1.54) is 0 Å². The standard InChI is InChI=1S/C18H22N2O3/c1-4-20(18(21)15-6-5-14(2)19-13-15)11-12-23-17-9-7-16(22-3)8-10-17/h5-10,13H,4,11-12H2,1-3H3. The summed E-state index contributed by atoms with van der Waals surface area (Å²) in [4.78, 5) is 18.3. The van der Waals surface area contributed by atoms with Gasteiger partial charge in [-0.15, -0.1) is 0 Å². The molecule has 5 nitrogen and oxygen atoms in total. The Kier molecular flexibility index (Phi) is 5.97. The molecule has 122 valence electrons. The van der Waals surface area contributed by atoms with Gasteiger partial charge in [0.2, 0.25) is 0 Å². The molecule has 0 aliphatic heterocycles. The van der Waals surface area contributed by atoms with Gasteiger partial charge in [0.05, 0.1) is 19.2 Å². The Morgan fingerprint density at radius 1 is 1.13 bits per heavy atom. The fourth-order valence-electron chi connectivity index (χ4n) is 2.13. The molecule has 0 spiro atoms. The number of hydrogen-bond acceptors (Lipinski definition) is 4. The summed E-state index contributed by atoms with van der Waals surface area (Å²) in [5.41, 5.74) is 1.49. The summed E-state index contributed by atoms with van der Waals surface area (Å²) in [5.74, 6) is 1.51. The molecule has 0 saturated heterocycles. The molecule has 0 unspecified atom stereocenters. The van der Waals surface area contributed by atoms with E-state index in [0.29, 0.717) is 25.3 Å². The molecule has 1 aromatic heterocycles. The number of hydrogen-bond donors (Lipinski definition) is 0. The van der Waals surface area contributed by atoms with Crippen LogP contribution in [0.4, 0.5) is 0 Å². The summed E-state index contributed by atoms with van der Waals surface area (Å²) in [7, 11) is 1.63. The van der Waals surface area contributed by atoms with Crippen molar-refractivity contribution in [3.05, 3.63) is 53.9 Å². The maximum Gasteiger partial charge on any atom is 0.255 e. The minimum atomic E-state index is -0.0293. The third-order valence-electron chi connectivity index (χ3n) is 3.52. The number of amides is 1. The first-order valence-corrected chi connectivity index (χ1v) is 7.62. The number of ether oxygens (including phenoxy) is 2. The number of carbonyl (C=O) groups excluding carboxylic acids is 1. The van der Waals surface area contributed by atoms with E-state index in [9.17, 15) is 4.79 Å². The Morgan fingerprint density at radius 3 is 2.39 bits per heavy atom. The molecule has 0 aliphatic rings. The lowest BCUT2D eigenvalue weighted by atomic mass is 10.2. The number of aromatic nitrogens is 1. The SMILES string of the molecule is CCN(CCOc1ccc(OC)cc1)C(=O)c1ccc(C)nc1. The highest BCUT2D eigenvalue weighted by atomic mass is 16.5. The molecule has 0 radical (unpaired) electrons. The van der Waals surface area contributed by atoms with Gasteiger partial charge in [-0.2, -0.15) is 0 Å². The zero-order chi connectivity index (χ0) is 16.7. The number of pyridine rings is 1. The number of rotatable bonds is 7. The van der Waals surface area contributed by atoms with E-state index in [4.69, 9.17) is 9.47 Å². The molecular formula is C18H22N2O3. The lowest BCUT2D eigenvalue weighted by Crippen LogP contribution is -2.34. The van der Waals surface area contributed by atoms with Crippen molar-refractivity contribution in [2.75, 3.05) is 26.8 Å². The molecule has 1 heterocycles. The molecule has 1 aromatic carbocycles. The van der Waals surface area contributed by atoms with Gasteiger partial charge in [-0.1, -0.05) is 0 Å². The Bertz CT molecular complexity index is 624. The van der Waals surface area contributed by atoms with Crippen molar-refractivity contribution in [3.63, 3.8) is 0 Å². The Balaban J connectivity index is 1.88. The van der Waals surface area contributed by atoms with Crippen LogP contribution in [0.1, 0.15) is 23.0 Å². The van der Waals surface area contributed by atoms with Crippen LogP contribution in [-0.2, 0) is 0 Å². The van der Waals surface area contributed by atoms with Crippen LogP contribution in [0.2, 0.25) is 0 Å². The van der Waals surface area contributed by atoms with Crippen LogP contribution >= 0.6 is 0 Å². The Labute approximate surface area is 136 Å². The molecular weight excluding hydrogens is 292 g/mol. The summed E-state index contributed by atoms with van der Waals surface area (Å²) in [6, 6.07) is 11.0. The third kappa shape index (κ3) is 4.71. The number of carbonyl (C=O) groups is 1. The van der Waals surface area contributed by atoms with Crippen molar-refractivity contribution in [1.29, 1.82) is 0 Å². The van der Waals surface area contributed by atoms with Gasteiger partial charge in [0, 0.05) is 18.4 Å². The highest BCUT2D eigenvalue weighted by molar-refractivity contribution is 5.93. The second-order valence-electron chi connectivity index (χ2n) is 5.10. The predicted octanol–water partition coefficient (Wildman–Crippen LogP) is 2.94. The molecule has 0 bridgehead atoms. The lowest BCUT2D eigenvalue weighted by Gasteiger charge is -2.21. The second-order valence-corrected chi connectivity index (χ2v) is 5.10. The van der Waals surface area contributed by atoms with E-state index in [0.717, 1.165) is 17.2 Å². The van der Waals surface area contributed by atoms with E-state index in [-0.39, 0.29) is 5.91 Å². The quantitative estimate of drug-likeness (QED) is 0.788. The molecule has 1 amide bonds. The maximum absolute atomic E-state index is 12.4. The fourth-order valence-corrected chi connectivity index (χ4v) is 2.13. The van der Waals surface area contributed by atoms with Crippen LogP contribution in [0.15, 0.2) is 42.6 Å². The number of aryl methyl sites for hydroxylation is 1. The van der Waals surface area contributed by atoms with Gasteiger partial charge in [-0.3, -0.25) is 9.78 Å². The smallest absolute Gasteiger partial charge is 0.255 e. The average molecular weight is 314 g/mol. The van der Waals surface area contributed by atoms with Crippen LogP contribution < -0.4 is 9.47 Å². The van der Waals surface area contributed by atoms with Crippen molar-refractivity contribution in [3.8, 4) is 11.5 Å². The molecule has 0 aliphatic carbocycles. The second kappa shape index (κ2) is 8.17. The first-order valence-electron chi connectivity index (χ1n) is 7.62. The molecule has 0 atom stereocenters. The van der Waals surface area contributed by atoms with E-state index >= 15 is 0 Å². The zero-order valence-electron chi connectivity index (χ0n) is 13.8. The summed E-state index contributed by atoms with van der Waals surface area (Å²) < 4.78 is 10.8. The molecule has 0 saturated carbocycles. The highest BCUT2D eigenvalue weighted by Gasteiger charge is 2.14. The third-order valence-corrected chi connectivity index (χ3v) is 3.52. The van der Waals surface area contributed by atoms with Crippen LogP contribution in [-0.4, -0.2) is 42.6 Å². The van der Waals surface area contributed by atoms with Crippen molar-refractivity contribution < 1.29 is 14.3 Å². The van der Waals surface area contributed by atoms with Gasteiger partial charge in [-0.25, -0.2) is 0 Å². The van der Waals surface area contributed by atoms with Crippen LogP contribution in [0, 0.1) is 6.92 Å². The molecule has 2 rings (SSSR count). The zero-order valence-corrected chi connectivity index (χ0v) is 13.8. The summed E-state index contributed by atoms with van der Waals surface area (Å²) in [5, 5.41) is 0. The fraction of sp³-hybridized carbons (Fsp3) is 0.333. The first-order chi connectivity index (χ1) is 11.1. The van der Waals surface area contributed by atoms with Crippen LogP contribution in [0.25, 0.3) is 0 Å². The van der Waals surface area contributed by atoms with Gasteiger partial charge in [0.1, 0.15) is 18.1 Å². The van der Waals surface area contributed by atoms with Crippen molar-refractivity contribution >= 4 is 5.91 Å². The molecule has 0 fully saturated rings. The summed E-state index contributed by atoms with van der Waals surface area (Å²) in [6.45, 7) is 5.43. The van der Waals surface area contributed by atoms with Crippen LogP contribution in [0.3, 0.4) is 0 Å². The normalized spacial score (nSPS) is 10.2. The molecule has 23 heavy (non-hydrogen) atoms. The van der Waals surface area contributed by atoms with Crippen LogP contribution in [0.5, 0.6) is 11.5 Å². The van der Waals surface area contributed by atoms with Gasteiger partial charge >= 0.3 is 0 Å². The number of methoxy groups -OCH3 is 1. The van der Waals surface area contributed by atoms with Crippen molar-refractivity contribution in [2.45, 2.75) is 13.8 Å². The van der Waals surface area contributed by atoms with E-state index < -0.39 is 0 Å². The topological polar surface area (TPSA) is 51.7 Å². The first kappa shape index (κ1) is 16.8. The van der Waals surface area contributed by atoms with Gasteiger partial charge in [0.25, 0.3) is 5.91 Å². The van der Waals surface area contributed by atoms with E-state index in [1.54, 1.807) is 24.3 Å². The van der Waals surface area contributed by atoms with Gasteiger partial charge < -0.3 is 14.4 Å². The largest absolute Gasteiger partial charge is 0.497 e. The monoisotopic (exact) mass is 314 g/mol. The van der Waals surface area contributed by atoms with Gasteiger partial charge in [-0.05, 0) is 50.2 Å². The minimum Gasteiger partial charge on any atom is -0.497 e. The number of benzene rings is 1. The van der Waals surface area contributed by atoms with Crippen molar-refractivity contribution in [2.24, 2.45) is 0 Å².